The van der Waals surface area contributed by atoms with Crippen molar-refractivity contribution in [2.24, 2.45) is 11.1 Å². The zero-order valence-electron chi connectivity index (χ0n) is 11.4. The molecule has 0 unspecified atom stereocenters. The van der Waals surface area contributed by atoms with Gasteiger partial charge in [-0.3, -0.25) is 0 Å². The highest BCUT2D eigenvalue weighted by molar-refractivity contribution is 5.30. The molecule has 0 fully saturated rings. The Balaban J connectivity index is 2.64. The standard InChI is InChI=1S/C15H20FNO/c1-11(17)13-7-6-12(10-14(13)16)18-9-5-8-15(2,3)4/h6-7,10-11H,9,17H2,1-4H3/t11-/m0/s1. The number of benzene rings is 1. The Morgan fingerprint density at radius 3 is 2.56 bits per heavy atom. The topological polar surface area (TPSA) is 35.2 Å². The van der Waals surface area contributed by atoms with Crippen molar-refractivity contribution in [2.45, 2.75) is 33.7 Å². The molecule has 0 spiro atoms. The molecule has 2 N–H and O–H groups in total. The van der Waals surface area contributed by atoms with Crippen LogP contribution in [0.2, 0.25) is 0 Å². The number of halogens is 1. The average Bonchev–Trinajstić information content (AvgIpc) is 2.22. The van der Waals surface area contributed by atoms with Crippen LogP contribution in [0.3, 0.4) is 0 Å². The van der Waals surface area contributed by atoms with E-state index in [1.807, 2.05) is 20.8 Å². The fraction of sp³-hybridized carbons (Fsp3) is 0.467. The summed E-state index contributed by atoms with van der Waals surface area (Å²) in [6, 6.07) is 4.38. The number of hydrogen-bond donors (Lipinski definition) is 1. The van der Waals surface area contributed by atoms with Crippen molar-refractivity contribution in [3.05, 3.63) is 29.6 Å². The molecule has 0 aliphatic rings. The van der Waals surface area contributed by atoms with Crippen LogP contribution in [0.25, 0.3) is 0 Å². The lowest BCUT2D eigenvalue weighted by atomic mass is 9.98. The van der Waals surface area contributed by atoms with Crippen LogP contribution >= 0.6 is 0 Å². The van der Waals surface area contributed by atoms with E-state index >= 15 is 0 Å². The van der Waals surface area contributed by atoms with Gasteiger partial charge in [0.2, 0.25) is 0 Å². The van der Waals surface area contributed by atoms with E-state index in [2.05, 4.69) is 11.8 Å². The zero-order chi connectivity index (χ0) is 13.8. The number of nitrogens with two attached hydrogens (primary N) is 1. The van der Waals surface area contributed by atoms with E-state index in [0.29, 0.717) is 11.3 Å². The maximum atomic E-state index is 13.6. The molecule has 0 heterocycles. The van der Waals surface area contributed by atoms with Gasteiger partial charge in [0.15, 0.2) is 0 Å². The Morgan fingerprint density at radius 1 is 1.39 bits per heavy atom. The van der Waals surface area contributed by atoms with Gasteiger partial charge in [-0.1, -0.05) is 17.9 Å². The predicted molar refractivity (Wildman–Crippen MR) is 71.7 cm³/mol. The Morgan fingerprint density at radius 2 is 2.06 bits per heavy atom. The molecule has 0 radical (unpaired) electrons. The second-order valence-electron chi connectivity index (χ2n) is 5.31. The molecule has 18 heavy (non-hydrogen) atoms. The maximum Gasteiger partial charge on any atom is 0.149 e. The van der Waals surface area contributed by atoms with Crippen molar-refractivity contribution in [2.75, 3.05) is 6.61 Å². The highest BCUT2D eigenvalue weighted by Gasteiger charge is 2.08. The molecular formula is C15H20FNO. The third-order valence-electron chi connectivity index (χ3n) is 2.24. The summed E-state index contributed by atoms with van der Waals surface area (Å²) >= 11 is 0. The van der Waals surface area contributed by atoms with Gasteiger partial charge in [0, 0.05) is 23.1 Å². The zero-order valence-corrected chi connectivity index (χ0v) is 11.4. The summed E-state index contributed by atoms with van der Waals surface area (Å²) in [5.74, 6) is 6.09. The van der Waals surface area contributed by atoms with E-state index in [1.165, 1.54) is 6.07 Å². The third kappa shape index (κ3) is 4.77. The summed E-state index contributed by atoms with van der Waals surface area (Å²) in [4.78, 5) is 0. The van der Waals surface area contributed by atoms with Crippen molar-refractivity contribution in [1.29, 1.82) is 0 Å². The molecule has 3 heteroatoms. The van der Waals surface area contributed by atoms with Crippen LogP contribution in [-0.2, 0) is 0 Å². The van der Waals surface area contributed by atoms with Crippen LogP contribution in [-0.4, -0.2) is 6.61 Å². The molecule has 0 aromatic heterocycles. The lowest BCUT2D eigenvalue weighted by molar-refractivity contribution is 0.366. The molecular weight excluding hydrogens is 229 g/mol. The molecule has 1 aromatic carbocycles. The maximum absolute atomic E-state index is 13.6. The predicted octanol–water partition coefficient (Wildman–Crippen LogP) is 3.27. The van der Waals surface area contributed by atoms with Crippen LogP contribution in [0.5, 0.6) is 5.75 Å². The van der Waals surface area contributed by atoms with Crippen LogP contribution in [0.1, 0.15) is 39.3 Å². The summed E-state index contributed by atoms with van der Waals surface area (Å²) < 4.78 is 19.0. The molecule has 0 saturated carbocycles. The van der Waals surface area contributed by atoms with E-state index in [4.69, 9.17) is 10.5 Å². The Kier molecular flexibility index (Phi) is 4.75. The second kappa shape index (κ2) is 5.88. The molecule has 0 saturated heterocycles. The number of ether oxygens (including phenoxy) is 1. The minimum atomic E-state index is -0.341. The third-order valence-corrected chi connectivity index (χ3v) is 2.24. The van der Waals surface area contributed by atoms with Gasteiger partial charge in [0.1, 0.15) is 18.2 Å². The van der Waals surface area contributed by atoms with Gasteiger partial charge in [-0.05, 0) is 33.8 Å². The minimum Gasteiger partial charge on any atom is -0.481 e. The van der Waals surface area contributed by atoms with E-state index in [1.54, 1.807) is 19.1 Å². The van der Waals surface area contributed by atoms with E-state index in [0.717, 1.165) is 0 Å². The molecule has 2 nitrogen and oxygen atoms in total. The van der Waals surface area contributed by atoms with Gasteiger partial charge < -0.3 is 10.5 Å². The monoisotopic (exact) mass is 249 g/mol. The lowest BCUT2D eigenvalue weighted by Gasteiger charge is -2.09. The van der Waals surface area contributed by atoms with Gasteiger partial charge in [-0.2, -0.15) is 0 Å². The van der Waals surface area contributed by atoms with Crippen molar-refractivity contribution < 1.29 is 9.13 Å². The molecule has 1 rings (SSSR count). The Hall–Kier alpha value is -1.53. The molecule has 1 atom stereocenters. The highest BCUT2D eigenvalue weighted by atomic mass is 19.1. The van der Waals surface area contributed by atoms with Crippen LogP contribution < -0.4 is 10.5 Å². The van der Waals surface area contributed by atoms with E-state index < -0.39 is 0 Å². The van der Waals surface area contributed by atoms with E-state index in [-0.39, 0.29) is 23.9 Å². The molecule has 0 aliphatic carbocycles. The average molecular weight is 249 g/mol. The Labute approximate surface area is 108 Å². The van der Waals surface area contributed by atoms with Crippen LogP contribution in [0.15, 0.2) is 18.2 Å². The molecule has 98 valence electrons. The fourth-order valence-electron chi connectivity index (χ4n) is 1.39. The normalized spacial score (nSPS) is 12.6. The molecule has 0 bridgehead atoms. The lowest BCUT2D eigenvalue weighted by Crippen LogP contribution is -2.07. The van der Waals surface area contributed by atoms with Crippen LogP contribution in [0.4, 0.5) is 4.39 Å². The summed E-state index contributed by atoms with van der Waals surface area (Å²) in [7, 11) is 0. The largest absolute Gasteiger partial charge is 0.481 e. The first-order valence-electron chi connectivity index (χ1n) is 5.97. The van der Waals surface area contributed by atoms with Gasteiger partial charge in [-0.25, -0.2) is 4.39 Å². The summed E-state index contributed by atoms with van der Waals surface area (Å²) in [5, 5.41) is 0. The van der Waals surface area contributed by atoms with Gasteiger partial charge in [-0.15, -0.1) is 0 Å². The SMILES string of the molecule is C[C@H](N)c1ccc(OCC#CC(C)(C)C)cc1F. The fourth-order valence-corrected chi connectivity index (χ4v) is 1.39. The van der Waals surface area contributed by atoms with Crippen molar-refractivity contribution in [3.63, 3.8) is 0 Å². The van der Waals surface area contributed by atoms with Crippen LogP contribution in [0, 0.1) is 23.1 Å². The first-order chi connectivity index (χ1) is 8.29. The molecule has 0 aliphatic heterocycles. The smallest absolute Gasteiger partial charge is 0.149 e. The second-order valence-corrected chi connectivity index (χ2v) is 5.31. The number of hydrogen-bond acceptors (Lipinski definition) is 2. The Bertz CT molecular complexity index is 464. The van der Waals surface area contributed by atoms with Crippen molar-refractivity contribution >= 4 is 0 Å². The minimum absolute atomic E-state index is 0.0482. The summed E-state index contributed by atoms with van der Waals surface area (Å²) in [6.07, 6.45) is 0. The van der Waals surface area contributed by atoms with Crippen molar-refractivity contribution in [1.82, 2.24) is 0 Å². The van der Waals surface area contributed by atoms with Crippen molar-refractivity contribution in [3.8, 4) is 17.6 Å². The van der Waals surface area contributed by atoms with Gasteiger partial charge in [0.05, 0.1) is 0 Å². The summed E-state index contributed by atoms with van der Waals surface area (Å²) in [5.41, 5.74) is 6.07. The summed E-state index contributed by atoms with van der Waals surface area (Å²) in [6.45, 7) is 8.08. The van der Waals surface area contributed by atoms with E-state index in [9.17, 15) is 4.39 Å². The van der Waals surface area contributed by atoms with Gasteiger partial charge >= 0.3 is 0 Å². The number of rotatable bonds is 3. The first-order valence-corrected chi connectivity index (χ1v) is 5.97. The molecule has 0 amide bonds. The highest BCUT2D eigenvalue weighted by Crippen LogP contribution is 2.20. The quantitative estimate of drug-likeness (QED) is 0.834. The first kappa shape index (κ1) is 14.5. The molecule has 1 aromatic rings. The van der Waals surface area contributed by atoms with Gasteiger partial charge in [0.25, 0.3) is 0 Å².